The van der Waals surface area contributed by atoms with Gasteiger partial charge in [-0.3, -0.25) is 0 Å². The Kier molecular flexibility index (Phi) is 4.71. The molecule has 1 N–H and O–H groups in total. The van der Waals surface area contributed by atoms with Crippen LogP contribution in [0.15, 0.2) is 48.5 Å². The molecular formula is C22H17Cl2N3S. The van der Waals surface area contributed by atoms with Crippen LogP contribution < -0.4 is 5.32 Å². The highest BCUT2D eigenvalue weighted by Gasteiger charge is 2.22. The molecule has 0 saturated carbocycles. The highest BCUT2D eigenvalue weighted by molar-refractivity contribution is 7.19. The second-order valence-electron chi connectivity index (χ2n) is 6.94. The summed E-state index contributed by atoms with van der Waals surface area (Å²) in [6.07, 6.45) is 4.13. The number of rotatable bonds is 4. The Morgan fingerprint density at radius 1 is 0.964 bits per heavy atom. The van der Waals surface area contributed by atoms with Crippen LogP contribution in [0.1, 0.15) is 28.2 Å². The summed E-state index contributed by atoms with van der Waals surface area (Å²) in [4.78, 5) is 12.3. The van der Waals surface area contributed by atoms with Crippen molar-refractivity contribution < 1.29 is 0 Å². The van der Waals surface area contributed by atoms with Crippen LogP contribution in [0.4, 0.5) is 11.5 Å². The average Bonchev–Trinajstić information content (AvgIpc) is 3.26. The topological polar surface area (TPSA) is 37.8 Å². The number of aromatic nitrogens is 2. The Morgan fingerprint density at radius 2 is 1.82 bits per heavy atom. The molecular weight excluding hydrogens is 409 g/mol. The number of anilines is 2. The van der Waals surface area contributed by atoms with Gasteiger partial charge in [0.2, 0.25) is 0 Å². The van der Waals surface area contributed by atoms with Crippen molar-refractivity contribution in [2.24, 2.45) is 0 Å². The van der Waals surface area contributed by atoms with Crippen LogP contribution in [0.25, 0.3) is 10.2 Å². The van der Waals surface area contributed by atoms with E-state index in [1.54, 1.807) is 17.4 Å². The van der Waals surface area contributed by atoms with Gasteiger partial charge < -0.3 is 5.32 Å². The maximum atomic E-state index is 6.21. The Morgan fingerprint density at radius 3 is 2.64 bits per heavy atom. The number of thiophene rings is 1. The van der Waals surface area contributed by atoms with E-state index in [0.29, 0.717) is 16.5 Å². The summed E-state index contributed by atoms with van der Waals surface area (Å²) in [5.41, 5.74) is 3.47. The van der Waals surface area contributed by atoms with Crippen LogP contribution in [0.5, 0.6) is 0 Å². The van der Waals surface area contributed by atoms with Gasteiger partial charge in [-0.15, -0.1) is 11.3 Å². The molecule has 0 bridgehead atoms. The molecule has 0 atom stereocenters. The quantitative estimate of drug-likeness (QED) is 0.389. The predicted molar refractivity (Wildman–Crippen MR) is 118 cm³/mol. The van der Waals surface area contributed by atoms with Crippen molar-refractivity contribution in [3.63, 3.8) is 0 Å². The van der Waals surface area contributed by atoms with Gasteiger partial charge in [0.15, 0.2) is 0 Å². The molecule has 6 heteroatoms. The Hall–Kier alpha value is -2.14. The zero-order chi connectivity index (χ0) is 19.1. The zero-order valence-electron chi connectivity index (χ0n) is 15.0. The molecule has 140 valence electrons. The zero-order valence-corrected chi connectivity index (χ0v) is 17.3. The lowest BCUT2D eigenvalue weighted by Gasteiger charge is -2.11. The molecule has 4 aromatic rings. The molecule has 0 amide bonds. The standard InChI is InChI=1S/C22H17Cl2N3S/c23-16-10-9-14(12-17(16)24)25-21-20-15-7-4-8-18(15)28-22(20)27-19(26-21)11-13-5-2-1-3-6-13/h1-3,5-6,9-10,12H,4,7-8,11H2,(H,25,26,27). The molecule has 0 spiro atoms. The predicted octanol–water partition coefficient (Wildman–Crippen LogP) is 6.82. The largest absolute Gasteiger partial charge is 0.340 e. The van der Waals surface area contributed by atoms with Gasteiger partial charge in [-0.25, -0.2) is 9.97 Å². The van der Waals surface area contributed by atoms with Crippen LogP contribution in [-0.4, -0.2) is 9.97 Å². The van der Waals surface area contributed by atoms with Crippen LogP contribution in [0.3, 0.4) is 0 Å². The summed E-state index contributed by atoms with van der Waals surface area (Å²) in [6.45, 7) is 0. The van der Waals surface area contributed by atoms with Gasteiger partial charge in [0, 0.05) is 17.0 Å². The summed E-state index contributed by atoms with van der Waals surface area (Å²) >= 11 is 14.1. The third-order valence-electron chi connectivity index (χ3n) is 5.00. The molecule has 0 aliphatic heterocycles. The van der Waals surface area contributed by atoms with E-state index < -0.39 is 0 Å². The van der Waals surface area contributed by atoms with Crippen molar-refractivity contribution in [2.45, 2.75) is 25.7 Å². The second-order valence-corrected chi connectivity index (χ2v) is 8.84. The monoisotopic (exact) mass is 425 g/mol. The van der Waals surface area contributed by atoms with E-state index in [1.807, 2.05) is 30.3 Å². The average molecular weight is 426 g/mol. The number of aryl methyl sites for hydroxylation is 2. The molecule has 1 aliphatic carbocycles. The Labute approximate surface area is 177 Å². The van der Waals surface area contributed by atoms with Crippen LogP contribution in [0, 0.1) is 0 Å². The number of benzene rings is 2. The van der Waals surface area contributed by atoms with E-state index in [4.69, 9.17) is 33.2 Å². The first-order valence-electron chi connectivity index (χ1n) is 9.24. The molecule has 0 unspecified atom stereocenters. The SMILES string of the molecule is Clc1ccc(Nc2nc(Cc3ccccc3)nc3sc4c(c23)CCC4)cc1Cl. The van der Waals surface area contributed by atoms with Crippen molar-refractivity contribution in [2.75, 3.05) is 5.32 Å². The van der Waals surface area contributed by atoms with Gasteiger partial charge in [0.25, 0.3) is 0 Å². The fourth-order valence-corrected chi connectivity index (χ4v) is 5.28. The van der Waals surface area contributed by atoms with Gasteiger partial charge in [-0.1, -0.05) is 53.5 Å². The minimum Gasteiger partial charge on any atom is -0.340 e. The third-order valence-corrected chi connectivity index (χ3v) is 6.92. The van der Waals surface area contributed by atoms with Gasteiger partial charge in [0.1, 0.15) is 16.5 Å². The Balaban J connectivity index is 1.61. The van der Waals surface area contributed by atoms with Crippen LogP contribution >= 0.6 is 34.5 Å². The molecule has 0 saturated heterocycles. The molecule has 2 aromatic carbocycles. The highest BCUT2D eigenvalue weighted by Crippen LogP contribution is 2.40. The number of hydrogen-bond donors (Lipinski definition) is 1. The van der Waals surface area contributed by atoms with E-state index in [9.17, 15) is 0 Å². The van der Waals surface area contributed by atoms with Gasteiger partial charge in [0.05, 0.1) is 15.4 Å². The maximum absolute atomic E-state index is 6.21. The van der Waals surface area contributed by atoms with E-state index in [2.05, 4.69) is 17.4 Å². The highest BCUT2D eigenvalue weighted by atomic mass is 35.5. The first-order chi connectivity index (χ1) is 13.7. The fraction of sp³-hybridized carbons (Fsp3) is 0.182. The smallest absolute Gasteiger partial charge is 0.143 e. The van der Waals surface area contributed by atoms with Gasteiger partial charge in [-0.2, -0.15) is 0 Å². The minimum atomic E-state index is 0.525. The molecule has 2 aromatic heterocycles. The molecule has 3 nitrogen and oxygen atoms in total. The summed E-state index contributed by atoms with van der Waals surface area (Å²) in [5, 5.41) is 5.69. The number of nitrogens with one attached hydrogen (secondary N) is 1. The lowest BCUT2D eigenvalue weighted by atomic mass is 10.1. The number of halogens is 2. The van der Waals surface area contributed by atoms with E-state index in [-0.39, 0.29) is 0 Å². The van der Waals surface area contributed by atoms with Crippen LogP contribution in [0.2, 0.25) is 10.0 Å². The molecule has 28 heavy (non-hydrogen) atoms. The van der Waals surface area contributed by atoms with Crippen molar-refractivity contribution >= 4 is 56.3 Å². The second kappa shape index (κ2) is 7.36. The third kappa shape index (κ3) is 3.37. The first kappa shape index (κ1) is 17.9. The lowest BCUT2D eigenvalue weighted by Crippen LogP contribution is -2.02. The summed E-state index contributed by atoms with van der Waals surface area (Å²) in [7, 11) is 0. The fourth-order valence-electron chi connectivity index (χ4n) is 3.70. The summed E-state index contributed by atoms with van der Waals surface area (Å²) in [5.74, 6) is 1.68. The Bertz CT molecular complexity index is 1170. The number of nitrogens with zero attached hydrogens (tertiary/aromatic N) is 2. The molecule has 1 aliphatic rings. The lowest BCUT2D eigenvalue weighted by molar-refractivity contribution is 0.916. The van der Waals surface area contributed by atoms with Crippen molar-refractivity contribution in [3.8, 4) is 0 Å². The first-order valence-corrected chi connectivity index (χ1v) is 10.8. The molecule has 0 radical (unpaired) electrons. The van der Waals surface area contributed by atoms with E-state index in [0.717, 1.165) is 40.4 Å². The minimum absolute atomic E-state index is 0.525. The van der Waals surface area contributed by atoms with Crippen molar-refractivity contribution in [3.05, 3.63) is 80.4 Å². The number of hydrogen-bond acceptors (Lipinski definition) is 4. The molecule has 0 fully saturated rings. The van der Waals surface area contributed by atoms with Crippen molar-refractivity contribution in [1.82, 2.24) is 9.97 Å². The summed E-state index contributed by atoms with van der Waals surface area (Å²) < 4.78 is 0. The normalized spacial score (nSPS) is 13.1. The van der Waals surface area contributed by atoms with E-state index >= 15 is 0 Å². The van der Waals surface area contributed by atoms with Gasteiger partial charge in [-0.05, 0) is 48.6 Å². The molecule has 2 heterocycles. The van der Waals surface area contributed by atoms with E-state index in [1.165, 1.54) is 22.4 Å². The van der Waals surface area contributed by atoms with Crippen molar-refractivity contribution in [1.29, 1.82) is 0 Å². The number of fused-ring (bicyclic) bond motifs is 3. The maximum Gasteiger partial charge on any atom is 0.143 e. The molecule has 5 rings (SSSR count). The van der Waals surface area contributed by atoms with Crippen LogP contribution in [-0.2, 0) is 19.3 Å². The summed E-state index contributed by atoms with van der Waals surface area (Å²) in [6, 6.07) is 15.9. The van der Waals surface area contributed by atoms with Gasteiger partial charge >= 0.3 is 0 Å².